The number of esters is 1. The number of fused-ring (bicyclic) bond motifs is 5. The summed E-state index contributed by atoms with van der Waals surface area (Å²) in [4.78, 5) is 50.1. The van der Waals surface area contributed by atoms with Gasteiger partial charge in [-0.15, -0.1) is 0 Å². The van der Waals surface area contributed by atoms with Gasteiger partial charge in [-0.2, -0.15) is 0 Å². The van der Waals surface area contributed by atoms with Crippen molar-refractivity contribution in [2.45, 2.75) is 170 Å². The first-order valence-corrected chi connectivity index (χ1v) is 21.8. The number of carboxylic acids is 1. The van der Waals surface area contributed by atoms with Crippen LogP contribution in [0.1, 0.15) is 165 Å². The van der Waals surface area contributed by atoms with Crippen LogP contribution in [0.2, 0.25) is 0 Å². The van der Waals surface area contributed by atoms with Crippen LogP contribution in [0.25, 0.3) is 0 Å². The first-order chi connectivity index (χ1) is 26.2. The van der Waals surface area contributed by atoms with E-state index >= 15 is 0 Å². The van der Waals surface area contributed by atoms with E-state index in [1.54, 1.807) is 0 Å². The standard InChI is InChI=1S/C45H74N2O7/c1-31(2)11-10-12-32(3)36-16-17-37-35-15-14-33-29-34(20-22-44(33,5)38(35)21-23-45(36,37)6)54-42(52)46-26-9-7-8-13-39(48)47-27-24-43(4,25-28-47)30-53-41(51)19-18-40(49)50/h14,31-32,34-38H,7-13,15-30H2,1-6H3,(H,46,52)(H,49,50)/t32-,34+,35+,36-,37+,38+,44+,45-/m1/s1/i4D. The van der Waals surface area contributed by atoms with E-state index in [4.69, 9.17) is 16.0 Å². The van der Waals surface area contributed by atoms with Gasteiger partial charge in [-0.25, -0.2) is 4.79 Å². The van der Waals surface area contributed by atoms with Gasteiger partial charge >= 0.3 is 18.0 Å². The molecule has 0 spiro atoms. The Bertz CT molecular complexity index is 1360. The summed E-state index contributed by atoms with van der Waals surface area (Å²) in [6.07, 6.45) is 19.5. The number of hydrogen-bond acceptors (Lipinski definition) is 6. The molecular weight excluding hydrogens is 681 g/mol. The first-order valence-electron chi connectivity index (χ1n) is 22.5. The number of likely N-dealkylation sites (tertiary alicyclic amines) is 1. The van der Waals surface area contributed by atoms with E-state index in [2.05, 4.69) is 46.0 Å². The number of aliphatic carboxylic acids is 1. The second-order valence-corrected chi connectivity index (χ2v) is 19.2. The second-order valence-electron chi connectivity index (χ2n) is 19.2. The average molecular weight is 756 g/mol. The first kappa shape index (κ1) is 41.1. The van der Waals surface area contributed by atoms with Crippen molar-refractivity contribution >= 4 is 23.9 Å². The summed E-state index contributed by atoms with van der Waals surface area (Å²) in [5.74, 6) is 3.39. The maximum Gasteiger partial charge on any atom is 0.407 e. The van der Waals surface area contributed by atoms with Gasteiger partial charge < -0.3 is 24.8 Å². The number of nitrogens with zero attached hydrogens (tertiary/aromatic N) is 1. The van der Waals surface area contributed by atoms with Gasteiger partial charge in [0.25, 0.3) is 0 Å². The molecule has 5 rings (SSSR count). The van der Waals surface area contributed by atoms with Gasteiger partial charge in [0.2, 0.25) is 5.91 Å². The number of nitrogens with one attached hydrogen (secondary N) is 1. The van der Waals surface area contributed by atoms with Crippen LogP contribution in [0.4, 0.5) is 4.79 Å². The van der Waals surface area contributed by atoms with E-state index in [-0.39, 0.29) is 49.9 Å². The fraction of sp³-hybridized carbons (Fsp3) is 0.867. The quantitative estimate of drug-likeness (QED) is 0.0861. The summed E-state index contributed by atoms with van der Waals surface area (Å²) in [6, 6.07) is 0. The third-order valence-corrected chi connectivity index (χ3v) is 15.1. The molecule has 0 aromatic rings. The molecule has 1 heterocycles. The normalized spacial score (nSPS) is 32.3. The van der Waals surface area contributed by atoms with Crippen molar-refractivity contribution in [3.8, 4) is 0 Å². The molecule has 1 saturated heterocycles. The van der Waals surface area contributed by atoms with Crippen LogP contribution in [-0.2, 0) is 23.9 Å². The van der Waals surface area contributed by atoms with E-state index < -0.39 is 17.4 Å². The molecule has 8 atom stereocenters. The molecule has 4 fully saturated rings. The van der Waals surface area contributed by atoms with E-state index in [1.165, 1.54) is 56.9 Å². The molecule has 9 heteroatoms. The lowest BCUT2D eigenvalue weighted by molar-refractivity contribution is -0.151. The SMILES string of the molecule is [2H]CC1(COC(=O)CCC(=O)O)CCN(C(=O)CCCCCNC(=O)O[C@H]2CC[C@@]3(C)C(=CC[C@H]4[C@@H]5CC[C@H]([C@H](C)CCCC(C)C)[C@@]5(C)CC[C@@H]43)C2)CC1. The Kier molecular flexibility index (Phi) is 14.1. The third kappa shape index (κ3) is 10.4. The fourth-order valence-electron chi connectivity index (χ4n) is 11.8. The van der Waals surface area contributed by atoms with Crippen molar-refractivity contribution in [2.75, 3.05) is 26.2 Å². The molecule has 5 aliphatic rings. The minimum absolute atomic E-state index is 0.0628. The number of allylic oxidation sites excluding steroid dienone is 1. The Morgan fingerprint density at radius 1 is 0.926 bits per heavy atom. The van der Waals surface area contributed by atoms with Crippen molar-refractivity contribution < 1.29 is 35.1 Å². The van der Waals surface area contributed by atoms with Crippen LogP contribution in [-0.4, -0.2) is 66.3 Å². The van der Waals surface area contributed by atoms with Crippen LogP contribution >= 0.6 is 0 Å². The number of piperidine rings is 1. The summed E-state index contributed by atoms with van der Waals surface area (Å²) in [5, 5.41) is 11.7. The number of carbonyl (C=O) groups excluding carboxylic acids is 3. The molecule has 2 amide bonds. The molecule has 9 nitrogen and oxygen atoms in total. The Morgan fingerprint density at radius 3 is 2.43 bits per heavy atom. The zero-order valence-electron chi connectivity index (χ0n) is 35.4. The van der Waals surface area contributed by atoms with Crippen LogP contribution in [0, 0.1) is 51.8 Å². The average Bonchev–Trinajstić information content (AvgIpc) is 3.52. The van der Waals surface area contributed by atoms with Gasteiger partial charge in [0.05, 0.1) is 19.4 Å². The largest absolute Gasteiger partial charge is 0.481 e. The lowest BCUT2D eigenvalue weighted by atomic mass is 9.47. The molecule has 0 aromatic heterocycles. The minimum atomic E-state index is -1.05. The molecule has 2 N–H and O–H groups in total. The van der Waals surface area contributed by atoms with Gasteiger partial charge in [0.1, 0.15) is 6.10 Å². The summed E-state index contributed by atoms with van der Waals surface area (Å²) in [7, 11) is 0. The second kappa shape index (κ2) is 18.6. The molecular formula is C45H74N2O7. The number of ether oxygens (including phenoxy) is 2. The molecule has 4 aliphatic carbocycles. The predicted octanol–water partition coefficient (Wildman–Crippen LogP) is 9.72. The van der Waals surface area contributed by atoms with E-state index in [0.29, 0.717) is 44.3 Å². The number of hydrogen-bond donors (Lipinski definition) is 2. The summed E-state index contributed by atoms with van der Waals surface area (Å²) >= 11 is 0. The van der Waals surface area contributed by atoms with Crippen LogP contribution in [0.5, 0.6) is 0 Å². The third-order valence-electron chi connectivity index (χ3n) is 15.1. The maximum absolute atomic E-state index is 12.9. The number of amides is 2. The molecule has 0 unspecified atom stereocenters. The Balaban J connectivity index is 0.971. The lowest BCUT2D eigenvalue weighted by Gasteiger charge is -2.58. The molecule has 306 valence electrons. The Hall–Kier alpha value is -2.58. The zero-order valence-corrected chi connectivity index (χ0v) is 34.4. The van der Waals surface area contributed by atoms with Gasteiger partial charge in [-0.05, 0) is 117 Å². The number of rotatable bonds is 17. The molecule has 54 heavy (non-hydrogen) atoms. The van der Waals surface area contributed by atoms with Gasteiger partial charge in [-0.3, -0.25) is 14.4 Å². The van der Waals surface area contributed by atoms with Crippen molar-refractivity contribution in [2.24, 2.45) is 51.8 Å². The summed E-state index contributed by atoms with van der Waals surface area (Å²) in [6.45, 7) is 14.2. The van der Waals surface area contributed by atoms with Crippen molar-refractivity contribution in [1.82, 2.24) is 10.2 Å². The zero-order chi connectivity index (χ0) is 39.8. The minimum Gasteiger partial charge on any atom is -0.481 e. The fourth-order valence-corrected chi connectivity index (χ4v) is 11.8. The Labute approximate surface area is 327 Å². The molecule has 0 bridgehead atoms. The predicted molar refractivity (Wildman–Crippen MR) is 212 cm³/mol. The topological polar surface area (TPSA) is 122 Å². The number of unbranched alkanes of at least 4 members (excludes halogenated alkanes) is 2. The van der Waals surface area contributed by atoms with E-state index in [0.717, 1.165) is 74.0 Å². The van der Waals surface area contributed by atoms with Crippen LogP contribution < -0.4 is 5.32 Å². The van der Waals surface area contributed by atoms with Crippen molar-refractivity contribution in [3.05, 3.63) is 11.6 Å². The number of carboxylic acid groups (broad SMARTS) is 1. The molecule has 3 saturated carbocycles. The van der Waals surface area contributed by atoms with Crippen LogP contribution in [0.15, 0.2) is 11.6 Å². The molecule has 0 radical (unpaired) electrons. The van der Waals surface area contributed by atoms with Crippen LogP contribution in [0.3, 0.4) is 0 Å². The highest BCUT2D eigenvalue weighted by atomic mass is 16.6. The highest BCUT2D eigenvalue weighted by molar-refractivity contribution is 5.77. The van der Waals surface area contributed by atoms with E-state index in [1.807, 2.05) is 4.90 Å². The Morgan fingerprint density at radius 2 is 1.70 bits per heavy atom. The lowest BCUT2D eigenvalue weighted by Crippen LogP contribution is -2.51. The number of alkyl carbamates (subject to hydrolysis) is 1. The van der Waals surface area contributed by atoms with Crippen molar-refractivity contribution in [3.63, 3.8) is 0 Å². The highest BCUT2D eigenvalue weighted by Gasteiger charge is 2.59. The smallest absolute Gasteiger partial charge is 0.407 e. The summed E-state index contributed by atoms with van der Waals surface area (Å²) in [5.41, 5.74) is 1.77. The monoisotopic (exact) mass is 756 g/mol. The molecule has 1 aliphatic heterocycles. The van der Waals surface area contributed by atoms with Crippen molar-refractivity contribution in [1.29, 1.82) is 0 Å². The maximum atomic E-state index is 12.9. The number of carbonyl (C=O) groups is 4. The van der Waals surface area contributed by atoms with Gasteiger partial charge in [0, 0.05) is 39.3 Å². The summed E-state index contributed by atoms with van der Waals surface area (Å²) < 4.78 is 19.3. The highest BCUT2D eigenvalue weighted by Crippen LogP contribution is 2.67. The van der Waals surface area contributed by atoms with Gasteiger partial charge in [-0.1, -0.05) is 78.9 Å². The molecule has 0 aromatic carbocycles. The van der Waals surface area contributed by atoms with Gasteiger partial charge in [0.15, 0.2) is 0 Å². The van der Waals surface area contributed by atoms with E-state index in [9.17, 15) is 19.2 Å².